The zero-order valence-corrected chi connectivity index (χ0v) is 28.8. The fraction of sp³-hybridized carbons (Fsp3) is 0.538. The first-order valence-corrected chi connectivity index (χ1v) is 17.1. The predicted octanol–water partition coefficient (Wildman–Crippen LogP) is 8.03. The number of nitrogens with zero attached hydrogens (tertiary/aromatic N) is 2. The second kappa shape index (κ2) is 12.8. The molecule has 2 bridgehead atoms. The molecule has 0 radical (unpaired) electrons. The maximum Gasteiger partial charge on any atom is 0.337 e. The summed E-state index contributed by atoms with van der Waals surface area (Å²) >= 11 is 0. The van der Waals surface area contributed by atoms with Gasteiger partial charge in [-0.1, -0.05) is 38.1 Å². The Morgan fingerprint density at radius 3 is 2.26 bits per heavy atom. The molecule has 1 aromatic heterocycles. The van der Waals surface area contributed by atoms with E-state index in [0.29, 0.717) is 30.8 Å². The summed E-state index contributed by atoms with van der Waals surface area (Å²) in [5.74, 6) is 0.335. The predicted molar refractivity (Wildman–Crippen MR) is 183 cm³/mol. The van der Waals surface area contributed by atoms with Crippen LogP contribution in [0.4, 0.5) is 10.1 Å². The van der Waals surface area contributed by atoms with Gasteiger partial charge in [-0.3, -0.25) is 4.98 Å². The zero-order chi connectivity index (χ0) is 33.6. The standard InChI is InChI=1S/C39H50FN3O4/c1-25-32(35(36(44)45)47-37(2,3)4)34(43-18-16-38(5,6)17-19-43)33(31(42-25)24-41-39-21-27(22-39)23-39)28-9-13-30(14-10-28)46-20-15-26-7-11-29(40)12-8-26/h7-14,27,35,41H,15-24H2,1-6H3,(H,44,45)/t27?,35-,39?/m0/s1. The molecule has 2 heterocycles. The smallest absolute Gasteiger partial charge is 0.337 e. The maximum atomic E-state index is 13.3. The lowest BCUT2D eigenvalue weighted by molar-refractivity contribution is -0.160. The molecule has 1 atom stereocenters. The molecule has 4 fully saturated rings. The van der Waals surface area contributed by atoms with Gasteiger partial charge in [0, 0.05) is 48.4 Å². The fourth-order valence-electron chi connectivity index (χ4n) is 7.38. The molecule has 3 aromatic rings. The number of rotatable bonds is 12. The highest BCUT2D eigenvalue weighted by molar-refractivity contribution is 5.88. The lowest BCUT2D eigenvalue weighted by Gasteiger charge is -2.62. The first kappa shape index (κ1) is 33.4. The average Bonchev–Trinajstić information content (AvgIpc) is 2.95. The van der Waals surface area contributed by atoms with Crippen molar-refractivity contribution in [1.82, 2.24) is 10.3 Å². The van der Waals surface area contributed by atoms with E-state index in [2.05, 4.69) is 36.2 Å². The van der Waals surface area contributed by atoms with Crippen LogP contribution in [0.5, 0.6) is 5.75 Å². The van der Waals surface area contributed by atoms with Gasteiger partial charge in [0.05, 0.1) is 23.6 Å². The molecule has 7 nitrogen and oxygen atoms in total. The monoisotopic (exact) mass is 643 g/mol. The Kier molecular flexibility index (Phi) is 9.13. The van der Waals surface area contributed by atoms with Gasteiger partial charge in [0.15, 0.2) is 6.10 Å². The summed E-state index contributed by atoms with van der Waals surface area (Å²) in [6.07, 6.45) is 5.17. The topological polar surface area (TPSA) is 83.9 Å². The van der Waals surface area contributed by atoms with Crippen molar-refractivity contribution in [1.29, 1.82) is 0 Å². The minimum atomic E-state index is -1.17. The van der Waals surface area contributed by atoms with Crippen molar-refractivity contribution in [2.24, 2.45) is 11.3 Å². The molecule has 0 spiro atoms. The van der Waals surface area contributed by atoms with Gasteiger partial charge in [-0.05, 0) is 107 Å². The molecule has 4 aliphatic rings. The van der Waals surface area contributed by atoms with Gasteiger partial charge in [0.25, 0.3) is 0 Å². The number of hydrogen-bond donors (Lipinski definition) is 2. The van der Waals surface area contributed by atoms with E-state index in [1.54, 1.807) is 12.1 Å². The Morgan fingerprint density at radius 1 is 1.06 bits per heavy atom. The number of carbonyl (C=O) groups is 1. The zero-order valence-electron chi connectivity index (χ0n) is 28.8. The summed E-state index contributed by atoms with van der Waals surface area (Å²) in [6.45, 7) is 15.0. The van der Waals surface area contributed by atoms with Crippen LogP contribution in [0, 0.1) is 24.1 Å². The number of aryl methyl sites for hydroxylation is 1. The molecular weight excluding hydrogens is 593 g/mol. The van der Waals surface area contributed by atoms with E-state index in [1.807, 2.05) is 39.8 Å². The second-order valence-electron chi connectivity index (χ2n) is 15.7. The molecule has 2 N–H and O–H groups in total. The second-order valence-corrected chi connectivity index (χ2v) is 15.7. The summed E-state index contributed by atoms with van der Waals surface area (Å²) in [5, 5.41) is 14.5. The Labute approximate surface area is 278 Å². The van der Waals surface area contributed by atoms with Crippen LogP contribution >= 0.6 is 0 Å². The van der Waals surface area contributed by atoms with Gasteiger partial charge in [-0.2, -0.15) is 0 Å². The third-order valence-corrected chi connectivity index (χ3v) is 10.2. The van der Waals surface area contributed by atoms with Crippen LogP contribution < -0.4 is 15.0 Å². The van der Waals surface area contributed by atoms with Crippen LogP contribution in [0.15, 0.2) is 48.5 Å². The molecule has 7 rings (SSSR count). The van der Waals surface area contributed by atoms with Gasteiger partial charge in [-0.15, -0.1) is 0 Å². The molecular formula is C39H50FN3O4. The van der Waals surface area contributed by atoms with Crippen molar-refractivity contribution >= 4 is 11.7 Å². The molecule has 0 amide bonds. The van der Waals surface area contributed by atoms with Crippen LogP contribution in [0.2, 0.25) is 0 Å². The lowest BCUT2D eigenvalue weighted by atomic mass is 9.50. The highest BCUT2D eigenvalue weighted by Crippen LogP contribution is 2.57. The van der Waals surface area contributed by atoms with Crippen LogP contribution in [0.25, 0.3) is 11.1 Å². The van der Waals surface area contributed by atoms with Crippen molar-refractivity contribution in [3.8, 4) is 16.9 Å². The summed E-state index contributed by atoms with van der Waals surface area (Å²) in [5.41, 5.74) is 5.89. The van der Waals surface area contributed by atoms with E-state index in [-0.39, 0.29) is 16.8 Å². The van der Waals surface area contributed by atoms with Gasteiger partial charge in [-0.25, -0.2) is 9.18 Å². The number of aliphatic carboxylic acids is 1. The fourth-order valence-corrected chi connectivity index (χ4v) is 7.38. The molecule has 47 heavy (non-hydrogen) atoms. The third-order valence-electron chi connectivity index (χ3n) is 10.2. The van der Waals surface area contributed by atoms with Gasteiger partial charge in [0.2, 0.25) is 0 Å². The summed E-state index contributed by atoms with van der Waals surface area (Å²) in [4.78, 5) is 20.5. The average molecular weight is 644 g/mol. The largest absolute Gasteiger partial charge is 0.493 e. The molecule has 3 saturated carbocycles. The maximum absolute atomic E-state index is 13.3. The Balaban J connectivity index is 1.40. The van der Waals surface area contributed by atoms with Crippen LogP contribution in [0.1, 0.15) is 95.3 Å². The minimum Gasteiger partial charge on any atom is -0.493 e. The van der Waals surface area contributed by atoms with E-state index in [9.17, 15) is 14.3 Å². The highest BCUT2D eigenvalue weighted by Gasteiger charge is 2.56. The number of pyridine rings is 1. The normalized spacial score (nSPS) is 22.3. The van der Waals surface area contributed by atoms with Gasteiger partial charge >= 0.3 is 5.97 Å². The Bertz CT molecular complexity index is 1570. The van der Waals surface area contributed by atoms with Crippen LogP contribution in [0.3, 0.4) is 0 Å². The number of carboxylic acid groups (broad SMARTS) is 1. The highest BCUT2D eigenvalue weighted by atomic mass is 19.1. The number of ether oxygens (including phenoxy) is 2. The number of anilines is 1. The van der Waals surface area contributed by atoms with E-state index in [0.717, 1.165) is 65.7 Å². The number of benzene rings is 2. The van der Waals surface area contributed by atoms with Crippen molar-refractivity contribution in [2.45, 2.75) is 104 Å². The molecule has 2 aromatic carbocycles. The number of aromatic nitrogens is 1. The number of nitrogens with one attached hydrogen (secondary N) is 1. The number of hydrogen-bond acceptors (Lipinski definition) is 6. The minimum absolute atomic E-state index is 0.215. The first-order valence-electron chi connectivity index (χ1n) is 17.1. The molecule has 1 aliphatic heterocycles. The quantitative estimate of drug-likeness (QED) is 0.207. The van der Waals surface area contributed by atoms with E-state index < -0.39 is 17.7 Å². The third kappa shape index (κ3) is 7.49. The number of carboxylic acids is 1. The van der Waals surface area contributed by atoms with Gasteiger partial charge < -0.3 is 24.8 Å². The molecule has 1 saturated heterocycles. The number of halogens is 1. The molecule has 0 unspecified atom stereocenters. The van der Waals surface area contributed by atoms with Crippen molar-refractivity contribution in [3.63, 3.8) is 0 Å². The first-order chi connectivity index (χ1) is 22.2. The Morgan fingerprint density at radius 2 is 1.70 bits per heavy atom. The summed E-state index contributed by atoms with van der Waals surface area (Å²) in [6, 6.07) is 14.6. The van der Waals surface area contributed by atoms with Crippen LogP contribution in [-0.2, 0) is 22.5 Å². The SMILES string of the molecule is Cc1nc(CNC23CC(C2)C3)c(-c2ccc(OCCc3ccc(F)cc3)cc2)c(N2CCC(C)(C)CC2)c1[C@H](OC(C)(C)C)C(=O)O. The van der Waals surface area contributed by atoms with Crippen molar-refractivity contribution < 1.29 is 23.8 Å². The summed E-state index contributed by atoms with van der Waals surface area (Å²) in [7, 11) is 0. The Hall–Kier alpha value is -3.49. The van der Waals surface area contributed by atoms with E-state index in [4.69, 9.17) is 14.5 Å². The van der Waals surface area contributed by atoms with Crippen molar-refractivity contribution in [3.05, 3.63) is 76.9 Å². The summed E-state index contributed by atoms with van der Waals surface area (Å²) < 4.78 is 25.7. The molecule has 8 heteroatoms. The van der Waals surface area contributed by atoms with Crippen LogP contribution in [-0.4, -0.2) is 46.9 Å². The van der Waals surface area contributed by atoms with E-state index in [1.165, 1.54) is 31.4 Å². The van der Waals surface area contributed by atoms with E-state index >= 15 is 0 Å². The molecule has 3 aliphatic carbocycles. The van der Waals surface area contributed by atoms with Crippen molar-refractivity contribution in [2.75, 3.05) is 24.6 Å². The number of piperidine rings is 1. The molecule has 252 valence electrons. The lowest BCUT2D eigenvalue weighted by Crippen LogP contribution is -2.66. The van der Waals surface area contributed by atoms with Gasteiger partial charge in [0.1, 0.15) is 11.6 Å².